The smallest absolute Gasteiger partial charge is 0.323 e. The van der Waals surface area contributed by atoms with E-state index in [4.69, 9.17) is 9.84 Å². The fourth-order valence-corrected chi connectivity index (χ4v) is 2.19. The summed E-state index contributed by atoms with van der Waals surface area (Å²) >= 11 is 0. The molecule has 0 spiro atoms. The Balaban J connectivity index is 2.40. The van der Waals surface area contributed by atoms with Crippen LogP contribution in [0.3, 0.4) is 0 Å². The van der Waals surface area contributed by atoms with Crippen molar-refractivity contribution < 1.29 is 14.6 Å². The number of aliphatic hydroxyl groups is 1. The molecule has 0 aromatic heterocycles. The molecule has 4 nitrogen and oxygen atoms in total. The second kappa shape index (κ2) is 7.63. The first-order valence-electron chi connectivity index (χ1n) is 6.31. The first-order valence-corrected chi connectivity index (χ1v) is 6.31. The number of hydrogen-bond acceptors (Lipinski definition) is 4. The molecule has 0 aliphatic carbocycles. The molecule has 1 atom stereocenters. The van der Waals surface area contributed by atoms with Crippen molar-refractivity contribution in [1.29, 1.82) is 0 Å². The van der Waals surface area contributed by atoms with Gasteiger partial charge in [-0.1, -0.05) is 6.42 Å². The summed E-state index contributed by atoms with van der Waals surface area (Å²) in [7, 11) is 0. The molecule has 0 bridgehead atoms. The molecule has 16 heavy (non-hydrogen) atoms. The number of aliphatic hydroxyl groups excluding tert-OH is 1. The molecule has 1 saturated heterocycles. The van der Waals surface area contributed by atoms with E-state index < -0.39 is 0 Å². The highest BCUT2D eigenvalue weighted by molar-refractivity contribution is 5.75. The quantitative estimate of drug-likeness (QED) is 0.549. The van der Waals surface area contributed by atoms with Gasteiger partial charge >= 0.3 is 5.97 Å². The number of hydrogen-bond donors (Lipinski definition) is 1. The lowest BCUT2D eigenvalue weighted by Crippen LogP contribution is -2.45. The number of unbranched alkanes of at least 4 members (excludes halogenated alkanes) is 1. The monoisotopic (exact) mass is 229 g/mol. The van der Waals surface area contributed by atoms with Crippen molar-refractivity contribution in [3.63, 3.8) is 0 Å². The van der Waals surface area contributed by atoms with Gasteiger partial charge in [0.15, 0.2) is 0 Å². The molecule has 0 amide bonds. The average molecular weight is 229 g/mol. The third kappa shape index (κ3) is 4.10. The highest BCUT2D eigenvalue weighted by Gasteiger charge is 2.28. The third-order valence-corrected chi connectivity index (χ3v) is 3.03. The van der Waals surface area contributed by atoms with Crippen LogP contribution in [0.15, 0.2) is 0 Å². The predicted octanol–water partition coefficient (Wildman–Crippen LogP) is 1.18. The standard InChI is InChI=1S/C12H23NO3/c1-2-16-12(15)11-7-3-4-8-13(11)9-5-6-10-14/h11,14H,2-10H2,1H3. The second-order valence-corrected chi connectivity index (χ2v) is 4.23. The Hall–Kier alpha value is -0.610. The van der Waals surface area contributed by atoms with Crippen LogP contribution in [0.1, 0.15) is 39.0 Å². The number of likely N-dealkylation sites (tertiary alicyclic amines) is 1. The number of ether oxygens (including phenoxy) is 1. The van der Waals surface area contributed by atoms with E-state index >= 15 is 0 Å². The van der Waals surface area contributed by atoms with Crippen molar-refractivity contribution in [1.82, 2.24) is 4.90 Å². The van der Waals surface area contributed by atoms with Gasteiger partial charge in [0.1, 0.15) is 6.04 Å². The van der Waals surface area contributed by atoms with Gasteiger partial charge in [-0.3, -0.25) is 9.69 Å². The van der Waals surface area contributed by atoms with Crippen LogP contribution >= 0.6 is 0 Å². The maximum atomic E-state index is 11.7. The number of esters is 1. The first kappa shape index (κ1) is 13.5. The van der Waals surface area contributed by atoms with Crippen molar-refractivity contribution in [3.8, 4) is 0 Å². The van der Waals surface area contributed by atoms with Crippen molar-refractivity contribution in [2.24, 2.45) is 0 Å². The largest absolute Gasteiger partial charge is 0.465 e. The third-order valence-electron chi connectivity index (χ3n) is 3.03. The Bertz CT molecular complexity index is 208. The minimum absolute atomic E-state index is 0.0487. The Kier molecular flexibility index (Phi) is 6.42. The SMILES string of the molecule is CCOC(=O)C1CCCCN1CCCCO. The van der Waals surface area contributed by atoms with Crippen LogP contribution in [0.5, 0.6) is 0 Å². The van der Waals surface area contributed by atoms with Crippen LogP contribution in [0, 0.1) is 0 Å². The second-order valence-electron chi connectivity index (χ2n) is 4.23. The lowest BCUT2D eigenvalue weighted by Gasteiger charge is -2.33. The summed E-state index contributed by atoms with van der Waals surface area (Å²) in [6.45, 7) is 4.41. The van der Waals surface area contributed by atoms with Crippen molar-refractivity contribution in [2.75, 3.05) is 26.3 Å². The number of rotatable bonds is 6. The van der Waals surface area contributed by atoms with Gasteiger partial charge < -0.3 is 9.84 Å². The Morgan fingerprint density at radius 2 is 2.25 bits per heavy atom. The molecule has 0 aromatic carbocycles. The van der Waals surface area contributed by atoms with E-state index in [1.165, 1.54) is 0 Å². The summed E-state index contributed by atoms with van der Waals surface area (Å²) < 4.78 is 5.09. The molecule has 1 unspecified atom stereocenters. The molecule has 1 fully saturated rings. The van der Waals surface area contributed by atoms with E-state index in [1.54, 1.807) is 0 Å². The number of piperidine rings is 1. The summed E-state index contributed by atoms with van der Waals surface area (Å²) in [6, 6.07) is -0.0487. The fraction of sp³-hybridized carbons (Fsp3) is 0.917. The van der Waals surface area contributed by atoms with Gasteiger partial charge in [0.05, 0.1) is 6.61 Å². The molecule has 1 N–H and O–H groups in total. The van der Waals surface area contributed by atoms with E-state index in [-0.39, 0.29) is 18.6 Å². The summed E-state index contributed by atoms with van der Waals surface area (Å²) in [5, 5.41) is 8.74. The zero-order valence-electron chi connectivity index (χ0n) is 10.2. The lowest BCUT2D eigenvalue weighted by molar-refractivity contribution is -0.150. The van der Waals surface area contributed by atoms with Crippen molar-refractivity contribution >= 4 is 5.97 Å². The fourth-order valence-electron chi connectivity index (χ4n) is 2.19. The summed E-state index contributed by atoms with van der Waals surface area (Å²) in [5.74, 6) is -0.0776. The molecule has 1 heterocycles. The molecule has 1 rings (SSSR count). The van der Waals surface area contributed by atoms with Gasteiger partial charge in [0, 0.05) is 6.61 Å². The highest BCUT2D eigenvalue weighted by atomic mass is 16.5. The van der Waals surface area contributed by atoms with Gasteiger partial charge in [0.2, 0.25) is 0 Å². The topological polar surface area (TPSA) is 49.8 Å². The Morgan fingerprint density at radius 1 is 1.44 bits per heavy atom. The summed E-state index contributed by atoms with van der Waals surface area (Å²) in [4.78, 5) is 13.9. The van der Waals surface area contributed by atoms with Crippen LogP contribution in [0.2, 0.25) is 0 Å². The maximum Gasteiger partial charge on any atom is 0.323 e. The van der Waals surface area contributed by atoms with E-state index in [1.807, 2.05) is 6.92 Å². The van der Waals surface area contributed by atoms with Crippen molar-refractivity contribution in [3.05, 3.63) is 0 Å². The molecule has 1 aliphatic heterocycles. The maximum absolute atomic E-state index is 11.7. The molecular formula is C12H23NO3. The van der Waals surface area contributed by atoms with Crippen LogP contribution < -0.4 is 0 Å². The molecule has 0 radical (unpaired) electrons. The molecule has 94 valence electrons. The number of carbonyl (C=O) groups is 1. The van der Waals surface area contributed by atoms with Gasteiger partial charge in [-0.05, 0) is 45.7 Å². The van der Waals surface area contributed by atoms with Crippen LogP contribution in [0.25, 0.3) is 0 Å². The Morgan fingerprint density at radius 3 is 2.94 bits per heavy atom. The van der Waals surface area contributed by atoms with Gasteiger partial charge in [-0.25, -0.2) is 0 Å². The van der Waals surface area contributed by atoms with Crippen molar-refractivity contribution in [2.45, 2.75) is 45.1 Å². The van der Waals surface area contributed by atoms with Crippen LogP contribution in [-0.2, 0) is 9.53 Å². The minimum Gasteiger partial charge on any atom is -0.465 e. The average Bonchev–Trinajstić information content (AvgIpc) is 2.30. The normalized spacial score (nSPS) is 22.0. The molecule has 0 aromatic rings. The zero-order valence-corrected chi connectivity index (χ0v) is 10.2. The Labute approximate surface area is 97.6 Å². The summed E-state index contributed by atoms with van der Waals surface area (Å²) in [5.41, 5.74) is 0. The summed E-state index contributed by atoms with van der Waals surface area (Å²) in [6.07, 6.45) is 4.95. The number of carbonyl (C=O) groups excluding carboxylic acids is 1. The van der Waals surface area contributed by atoms with E-state index in [0.29, 0.717) is 6.61 Å². The lowest BCUT2D eigenvalue weighted by atomic mass is 10.0. The van der Waals surface area contributed by atoms with E-state index in [9.17, 15) is 4.79 Å². The predicted molar refractivity (Wildman–Crippen MR) is 62.2 cm³/mol. The first-order chi connectivity index (χ1) is 7.79. The molecule has 1 aliphatic rings. The zero-order chi connectivity index (χ0) is 11.8. The number of nitrogens with zero attached hydrogens (tertiary/aromatic N) is 1. The molecule has 0 saturated carbocycles. The van der Waals surface area contributed by atoms with E-state index in [0.717, 1.165) is 45.2 Å². The van der Waals surface area contributed by atoms with Gasteiger partial charge in [0.25, 0.3) is 0 Å². The van der Waals surface area contributed by atoms with Gasteiger partial charge in [-0.15, -0.1) is 0 Å². The van der Waals surface area contributed by atoms with Gasteiger partial charge in [-0.2, -0.15) is 0 Å². The van der Waals surface area contributed by atoms with E-state index in [2.05, 4.69) is 4.90 Å². The van der Waals surface area contributed by atoms with Crippen LogP contribution in [-0.4, -0.2) is 48.3 Å². The van der Waals surface area contributed by atoms with Crippen LogP contribution in [0.4, 0.5) is 0 Å². The molecule has 4 heteroatoms. The minimum atomic E-state index is -0.0776. The highest BCUT2D eigenvalue weighted by Crippen LogP contribution is 2.18. The molecular weight excluding hydrogens is 206 g/mol.